The van der Waals surface area contributed by atoms with E-state index in [1.807, 2.05) is 21.0 Å². The van der Waals surface area contributed by atoms with Gasteiger partial charge in [-0.15, -0.1) is 0 Å². The zero-order valence-electron chi connectivity index (χ0n) is 24.1. The van der Waals surface area contributed by atoms with E-state index in [1.165, 1.54) is 32.1 Å². The van der Waals surface area contributed by atoms with E-state index in [1.54, 1.807) is 0 Å². The minimum absolute atomic E-state index is 0.0378. The molecule has 4 saturated carbocycles. The first-order valence-corrected chi connectivity index (χ1v) is 14.9. The van der Waals surface area contributed by atoms with Crippen molar-refractivity contribution < 1.29 is 18.3 Å². The first kappa shape index (κ1) is 29.3. The molecule has 4 aliphatic rings. The van der Waals surface area contributed by atoms with E-state index in [2.05, 4.69) is 13.8 Å². The number of nitrogens with two attached hydrogens (primary N) is 2. The number of hydrogen-bond acceptors (Lipinski definition) is 5. The van der Waals surface area contributed by atoms with E-state index < -0.39 is 11.6 Å². The number of nitrogen functional groups attached to an aromatic ring is 1. The topological polar surface area (TPSA) is 81.6 Å². The highest BCUT2D eigenvalue weighted by molar-refractivity contribution is 5.87. The van der Waals surface area contributed by atoms with Crippen LogP contribution in [0.2, 0.25) is 0 Å². The van der Waals surface area contributed by atoms with Gasteiger partial charge in [0.05, 0.1) is 18.8 Å². The molecule has 0 amide bonds. The number of ether oxygens (including phenoxy) is 1. The second-order valence-electron chi connectivity index (χ2n) is 12.8. The second-order valence-corrected chi connectivity index (χ2v) is 12.8. The molecular weight excluding hydrogens is 484 g/mol. The first-order valence-electron chi connectivity index (χ1n) is 14.9. The fourth-order valence-electron chi connectivity index (χ4n) is 9.59. The lowest BCUT2D eigenvalue weighted by molar-refractivity contribution is -0.154. The predicted octanol–water partition coefficient (Wildman–Crippen LogP) is 6.74. The van der Waals surface area contributed by atoms with Crippen molar-refractivity contribution in [3.63, 3.8) is 0 Å². The zero-order valence-corrected chi connectivity index (χ0v) is 24.1. The normalized spacial score (nSPS) is 37.8. The Morgan fingerprint density at radius 3 is 2.50 bits per heavy atom. The van der Waals surface area contributed by atoms with Crippen LogP contribution in [0.5, 0.6) is 0 Å². The summed E-state index contributed by atoms with van der Waals surface area (Å²) in [5, 5.41) is 1.07. The number of rotatable bonds is 6. The number of methoxy groups -OCH3 is 1. The fourth-order valence-corrected chi connectivity index (χ4v) is 9.59. The largest absolute Gasteiger partial charge is 0.397 e. The maximum Gasteiger partial charge on any atom is 0.157 e. The summed E-state index contributed by atoms with van der Waals surface area (Å²) in [6.07, 6.45) is 10.5. The number of Topliss-reactive ketones (excluding diaryl/α,β-unsaturated/α-hetero) is 1. The van der Waals surface area contributed by atoms with Crippen molar-refractivity contribution in [1.29, 1.82) is 0 Å². The molecule has 1 aromatic carbocycles. The van der Waals surface area contributed by atoms with Crippen LogP contribution in [0, 0.1) is 58.0 Å². The molecule has 5 nitrogen and oxygen atoms in total. The SMILES string of the molecule is CC.COCC12CCC(C)CC1CCC1C2CCC2(C)C1CC[C@@H]2C(=O)CN(N)c1c(N)cc(F)cc1F. The lowest BCUT2D eigenvalue weighted by Crippen LogP contribution is -2.56. The zero-order chi connectivity index (χ0) is 27.8. The van der Waals surface area contributed by atoms with E-state index >= 15 is 0 Å². The molecule has 0 radical (unpaired) electrons. The number of halogens is 2. The van der Waals surface area contributed by atoms with Crippen LogP contribution >= 0.6 is 0 Å². The fraction of sp³-hybridized carbons (Fsp3) is 0.774. The van der Waals surface area contributed by atoms with Crippen molar-refractivity contribution in [2.24, 2.45) is 52.2 Å². The molecule has 5 rings (SSSR count). The smallest absolute Gasteiger partial charge is 0.157 e. The lowest BCUT2D eigenvalue weighted by atomic mass is 9.44. The predicted molar refractivity (Wildman–Crippen MR) is 149 cm³/mol. The van der Waals surface area contributed by atoms with Crippen LogP contribution in [0.1, 0.15) is 85.5 Å². The molecular formula is C31H49F2N3O2. The summed E-state index contributed by atoms with van der Waals surface area (Å²) >= 11 is 0. The minimum Gasteiger partial charge on any atom is -0.397 e. The molecule has 0 heterocycles. The van der Waals surface area contributed by atoms with Gasteiger partial charge in [0.15, 0.2) is 11.6 Å². The van der Waals surface area contributed by atoms with Gasteiger partial charge in [0.25, 0.3) is 0 Å². The van der Waals surface area contributed by atoms with E-state index in [0.29, 0.717) is 23.2 Å². The summed E-state index contributed by atoms with van der Waals surface area (Å²) in [6, 6.07) is 1.79. The molecule has 0 spiro atoms. The van der Waals surface area contributed by atoms with Crippen LogP contribution in [0.15, 0.2) is 12.1 Å². The Bertz CT molecular complexity index is 982. The Hall–Kier alpha value is -1.73. The van der Waals surface area contributed by atoms with Gasteiger partial charge in [-0.25, -0.2) is 14.6 Å². The number of benzene rings is 1. The van der Waals surface area contributed by atoms with Gasteiger partial charge < -0.3 is 10.5 Å². The highest BCUT2D eigenvalue weighted by atomic mass is 19.1. The van der Waals surface area contributed by atoms with E-state index in [4.69, 9.17) is 16.3 Å². The Kier molecular flexibility index (Phi) is 8.78. The van der Waals surface area contributed by atoms with Crippen LogP contribution in [-0.4, -0.2) is 26.0 Å². The third-order valence-corrected chi connectivity index (χ3v) is 11.1. The van der Waals surface area contributed by atoms with Crippen LogP contribution in [0.25, 0.3) is 0 Å². The number of hydrogen-bond donors (Lipinski definition) is 2. The monoisotopic (exact) mass is 533 g/mol. The maximum absolute atomic E-state index is 14.4. The summed E-state index contributed by atoms with van der Waals surface area (Å²) in [7, 11) is 1.86. The number of ketones is 1. The summed E-state index contributed by atoms with van der Waals surface area (Å²) in [5.41, 5.74) is 5.86. The van der Waals surface area contributed by atoms with Gasteiger partial charge in [0, 0.05) is 19.1 Å². The van der Waals surface area contributed by atoms with Gasteiger partial charge >= 0.3 is 0 Å². The van der Waals surface area contributed by atoms with E-state index in [9.17, 15) is 13.6 Å². The number of anilines is 2. The van der Waals surface area contributed by atoms with Crippen LogP contribution in [-0.2, 0) is 9.53 Å². The molecule has 0 saturated heterocycles. The number of hydrazine groups is 1. The Labute approximate surface area is 228 Å². The first-order chi connectivity index (χ1) is 18.1. The molecule has 38 heavy (non-hydrogen) atoms. The quantitative estimate of drug-likeness (QED) is 0.240. The average molecular weight is 534 g/mol. The van der Waals surface area contributed by atoms with Crippen molar-refractivity contribution in [1.82, 2.24) is 0 Å². The van der Waals surface area contributed by atoms with Crippen molar-refractivity contribution >= 4 is 17.2 Å². The molecule has 0 aromatic heterocycles. The van der Waals surface area contributed by atoms with Gasteiger partial charge in [0.2, 0.25) is 0 Å². The average Bonchev–Trinajstić information content (AvgIpc) is 3.22. The molecule has 7 heteroatoms. The summed E-state index contributed by atoms with van der Waals surface area (Å²) < 4.78 is 33.8. The van der Waals surface area contributed by atoms with Gasteiger partial charge in [0.1, 0.15) is 11.5 Å². The van der Waals surface area contributed by atoms with Gasteiger partial charge in [-0.3, -0.25) is 9.80 Å². The van der Waals surface area contributed by atoms with E-state index in [-0.39, 0.29) is 35.0 Å². The van der Waals surface area contributed by atoms with Crippen LogP contribution < -0.4 is 16.6 Å². The number of fused-ring (bicyclic) bond motifs is 5. The Balaban J connectivity index is 0.00000164. The molecule has 1 aromatic rings. The molecule has 0 bridgehead atoms. The second kappa shape index (κ2) is 11.4. The number of carbonyl (C=O) groups is 1. The van der Waals surface area contributed by atoms with Gasteiger partial charge in [-0.1, -0.05) is 34.1 Å². The standard InChI is InChI=1S/C29H43F2N3O2.C2H6/c1-17-8-11-29(16-36-3)18(12-17)4-5-20-21-6-7-23(28(21,2)10-9-22(20)29)26(35)15-34(33)27-24(31)13-19(30)14-25(27)32;1-2/h13-14,17-18,20-23H,4-12,15-16,32-33H2,1-3H3;1-2H3/t17?,18?,20?,21?,22?,23-,28?,29?;/m1./s1. The van der Waals surface area contributed by atoms with Crippen molar-refractivity contribution in [2.75, 3.05) is 31.0 Å². The van der Waals surface area contributed by atoms with Crippen LogP contribution in [0.4, 0.5) is 20.2 Å². The van der Waals surface area contributed by atoms with Gasteiger partial charge in [-0.2, -0.15) is 0 Å². The minimum atomic E-state index is -0.846. The summed E-state index contributed by atoms with van der Waals surface area (Å²) in [6.45, 7) is 9.46. The molecule has 0 aliphatic heterocycles. The number of nitrogens with zero attached hydrogens (tertiary/aromatic N) is 1. The highest BCUT2D eigenvalue weighted by Gasteiger charge is 2.62. The third kappa shape index (κ3) is 4.87. The lowest BCUT2D eigenvalue weighted by Gasteiger charge is -2.62. The Morgan fingerprint density at radius 2 is 1.82 bits per heavy atom. The Morgan fingerprint density at radius 1 is 1.08 bits per heavy atom. The molecule has 4 fully saturated rings. The van der Waals surface area contributed by atoms with Crippen molar-refractivity contribution in [2.45, 2.75) is 85.5 Å². The molecule has 214 valence electrons. The molecule has 8 atom stereocenters. The third-order valence-electron chi connectivity index (χ3n) is 11.1. The van der Waals surface area contributed by atoms with Gasteiger partial charge in [-0.05, 0) is 97.9 Å². The summed E-state index contributed by atoms with van der Waals surface area (Å²) in [5.74, 6) is 7.86. The van der Waals surface area contributed by atoms with E-state index in [0.717, 1.165) is 61.3 Å². The van der Waals surface area contributed by atoms with Crippen molar-refractivity contribution in [3.05, 3.63) is 23.8 Å². The maximum atomic E-state index is 14.4. The molecule has 4 N–H and O–H groups in total. The van der Waals surface area contributed by atoms with Crippen molar-refractivity contribution in [3.8, 4) is 0 Å². The molecule has 7 unspecified atom stereocenters. The molecule has 4 aliphatic carbocycles. The highest BCUT2D eigenvalue weighted by Crippen LogP contribution is 2.68. The number of carbonyl (C=O) groups excluding carboxylic acids is 1. The van der Waals surface area contributed by atoms with Crippen LogP contribution in [0.3, 0.4) is 0 Å². The summed E-state index contributed by atoms with van der Waals surface area (Å²) in [4.78, 5) is 13.6.